The zero-order chi connectivity index (χ0) is 12.5. The molecule has 1 heterocycles. The van der Waals surface area contributed by atoms with Crippen LogP contribution in [0.4, 0.5) is 0 Å². The number of rotatable bonds is 9. The van der Waals surface area contributed by atoms with Crippen LogP contribution in [0.25, 0.3) is 0 Å². The Morgan fingerprint density at radius 1 is 1.47 bits per heavy atom. The van der Waals surface area contributed by atoms with Crippen molar-refractivity contribution in [3.63, 3.8) is 0 Å². The Hall–Kier alpha value is -1.19. The van der Waals surface area contributed by atoms with Crippen LogP contribution >= 0.6 is 11.8 Å². The van der Waals surface area contributed by atoms with Crippen molar-refractivity contribution in [1.82, 2.24) is 20.2 Å². The first kappa shape index (κ1) is 13.9. The number of nitrogens with zero attached hydrogens (tertiary/aromatic N) is 4. The molecule has 0 aliphatic carbocycles. The van der Waals surface area contributed by atoms with Gasteiger partial charge in [-0.3, -0.25) is 4.79 Å². The van der Waals surface area contributed by atoms with Gasteiger partial charge in [0.1, 0.15) is 6.54 Å². The molecule has 1 N–H and O–H groups in total. The van der Waals surface area contributed by atoms with Gasteiger partial charge in [-0.15, -0.1) is 5.10 Å². The smallest absolute Gasteiger partial charge is 0.325 e. The summed E-state index contributed by atoms with van der Waals surface area (Å²) >= 11 is 1.35. The number of carboxylic acids is 1. The monoisotopic (exact) mass is 262 g/mol. The molecule has 0 bridgehead atoms. The molecule has 0 unspecified atom stereocenters. The number of hydrogen-bond acceptors (Lipinski definition) is 7. The molecule has 0 fully saturated rings. The number of tetrazole rings is 1. The Morgan fingerprint density at radius 3 is 3.00 bits per heavy atom. The summed E-state index contributed by atoms with van der Waals surface area (Å²) in [7, 11) is 1.61. The van der Waals surface area contributed by atoms with Crippen LogP contribution in [-0.4, -0.2) is 64.0 Å². The fourth-order valence-electron chi connectivity index (χ4n) is 0.963. The summed E-state index contributed by atoms with van der Waals surface area (Å²) in [5.74, 6) is -0.320. The number of carbonyl (C=O) groups is 1. The number of methoxy groups -OCH3 is 1. The Labute approximate surface area is 102 Å². The highest BCUT2D eigenvalue weighted by Gasteiger charge is 2.09. The molecule has 0 aromatic carbocycles. The van der Waals surface area contributed by atoms with E-state index in [-0.39, 0.29) is 6.54 Å². The first-order valence-electron chi connectivity index (χ1n) is 4.91. The SMILES string of the molecule is COCCOCCSc1nnnn1CC(=O)O. The van der Waals surface area contributed by atoms with Crippen molar-refractivity contribution in [2.45, 2.75) is 11.7 Å². The highest BCUT2D eigenvalue weighted by Crippen LogP contribution is 2.12. The van der Waals surface area contributed by atoms with E-state index in [9.17, 15) is 4.79 Å². The van der Waals surface area contributed by atoms with Gasteiger partial charge < -0.3 is 14.6 Å². The van der Waals surface area contributed by atoms with E-state index in [0.717, 1.165) is 0 Å². The number of hydrogen-bond donors (Lipinski definition) is 1. The maximum atomic E-state index is 10.5. The van der Waals surface area contributed by atoms with Gasteiger partial charge in [0.2, 0.25) is 5.16 Å². The van der Waals surface area contributed by atoms with E-state index in [0.29, 0.717) is 30.7 Å². The average Bonchev–Trinajstić information content (AvgIpc) is 2.70. The maximum absolute atomic E-state index is 10.5. The van der Waals surface area contributed by atoms with Crippen LogP contribution in [0.5, 0.6) is 0 Å². The molecule has 8 nitrogen and oxygen atoms in total. The van der Waals surface area contributed by atoms with Crippen LogP contribution in [0.3, 0.4) is 0 Å². The normalized spacial score (nSPS) is 10.6. The minimum absolute atomic E-state index is 0.236. The topological polar surface area (TPSA) is 99.4 Å². The van der Waals surface area contributed by atoms with Crippen molar-refractivity contribution in [3.8, 4) is 0 Å². The Kier molecular flexibility index (Phi) is 6.51. The van der Waals surface area contributed by atoms with Crippen molar-refractivity contribution in [3.05, 3.63) is 0 Å². The van der Waals surface area contributed by atoms with Gasteiger partial charge in [-0.2, -0.15) is 0 Å². The molecule has 0 amide bonds. The predicted octanol–water partition coefficient (Wildman–Crippen LogP) is -0.487. The van der Waals surface area contributed by atoms with E-state index in [2.05, 4.69) is 15.5 Å². The number of thioether (sulfide) groups is 1. The van der Waals surface area contributed by atoms with Crippen LogP contribution in [0.15, 0.2) is 5.16 Å². The zero-order valence-electron chi connectivity index (χ0n) is 9.40. The summed E-state index contributed by atoms with van der Waals surface area (Å²) in [6.45, 7) is 1.40. The fourth-order valence-corrected chi connectivity index (χ4v) is 1.69. The lowest BCUT2D eigenvalue weighted by Gasteiger charge is -2.03. The van der Waals surface area contributed by atoms with Gasteiger partial charge >= 0.3 is 5.97 Å². The molecular formula is C8H14N4O4S. The molecule has 0 saturated heterocycles. The van der Waals surface area contributed by atoms with E-state index >= 15 is 0 Å². The second-order valence-corrected chi connectivity index (χ2v) is 4.03. The molecule has 0 atom stereocenters. The summed E-state index contributed by atoms with van der Waals surface area (Å²) in [6, 6.07) is 0. The molecule has 1 rings (SSSR count). The Bertz CT molecular complexity index is 346. The molecule has 96 valence electrons. The summed E-state index contributed by atoms with van der Waals surface area (Å²) < 4.78 is 11.3. The fraction of sp³-hybridized carbons (Fsp3) is 0.750. The highest BCUT2D eigenvalue weighted by atomic mass is 32.2. The standard InChI is InChI=1S/C8H14N4O4S/c1-15-2-3-16-4-5-17-8-9-10-11-12(8)6-7(13)14/h2-6H2,1H3,(H,13,14). The highest BCUT2D eigenvalue weighted by molar-refractivity contribution is 7.99. The maximum Gasteiger partial charge on any atom is 0.325 e. The molecule has 1 aromatic rings. The summed E-state index contributed by atoms with van der Waals surface area (Å²) in [5, 5.41) is 19.8. The summed E-state index contributed by atoms with van der Waals surface area (Å²) in [5.41, 5.74) is 0. The van der Waals surface area contributed by atoms with Crippen molar-refractivity contribution in [2.75, 3.05) is 32.7 Å². The van der Waals surface area contributed by atoms with E-state index in [1.807, 2.05) is 0 Å². The molecule has 0 saturated carbocycles. The van der Waals surface area contributed by atoms with Crippen LogP contribution in [0.1, 0.15) is 0 Å². The van der Waals surface area contributed by atoms with Crippen LogP contribution in [0, 0.1) is 0 Å². The quantitative estimate of drug-likeness (QED) is 0.470. The van der Waals surface area contributed by atoms with E-state index < -0.39 is 5.97 Å². The molecule has 17 heavy (non-hydrogen) atoms. The first-order valence-corrected chi connectivity index (χ1v) is 5.90. The zero-order valence-corrected chi connectivity index (χ0v) is 10.2. The summed E-state index contributed by atoms with van der Waals surface area (Å²) in [4.78, 5) is 10.5. The van der Waals surface area contributed by atoms with Gasteiger partial charge in [0.05, 0.1) is 19.8 Å². The minimum Gasteiger partial charge on any atom is -0.480 e. The van der Waals surface area contributed by atoms with Gasteiger partial charge in [0, 0.05) is 12.9 Å². The first-order chi connectivity index (χ1) is 8.24. The van der Waals surface area contributed by atoms with Gasteiger partial charge in [-0.1, -0.05) is 11.8 Å². The third-order valence-electron chi connectivity index (χ3n) is 1.67. The largest absolute Gasteiger partial charge is 0.480 e. The lowest BCUT2D eigenvalue weighted by molar-refractivity contribution is -0.138. The number of carboxylic acid groups (broad SMARTS) is 1. The molecule has 9 heteroatoms. The minimum atomic E-state index is -0.976. The van der Waals surface area contributed by atoms with Crippen molar-refractivity contribution < 1.29 is 19.4 Å². The predicted molar refractivity (Wildman–Crippen MR) is 58.9 cm³/mol. The Balaban J connectivity index is 2.22. The molecule has 1 aromatic heterocycles. The second kappa shape index (κ2) is 7.98. The molecule has 0 aliphatic heterocycles. The van der Waals surface area contributed by atoms with E-state index in [1.54, 1.807) is 7.11 Å². The van der Waals surface area contributed by atoms with Crippen LogP contribution in [-0.2, 0) is 20.8 Å². The molecular weight excluding hydrogens is 248 g/mol. The second-order valence-electron chi connectivity index (χ2n) is 2.97. The third kappa shape index (κ3) is 5.61. The lowest BCUT2D eigenvalue weighted by atomic mass is 10.7. The van der Waals surface area contributed by atoms with Crippen LogP contribution in [0.2, 0.25) is 0 Å². The molecule has 0 radical (unpaired) electrons. The van der Waals surface area contributed by atoms with Crippen molar-refractivity contribution in [1.29, 1.82) is 0 Å². The van der Waals surface area contributed by atoms with Gasteiger partial charge in [-0.05, 0) is 10.4 Å². The van der Waals surface area contributed by atoms with Crippen LogP contribution < -0.4 is 0 Å². The molecule has 0 aliphatic rings. The number of ether oxygens (including phenoxy) is 2. The lowest BCUT2D eigenvalue weighted by Crippen LogP contribution is -2.12. The van der Waals surface area contributed by atoms with Crippen molar-refractivity contribution in [2.24, 2.45) is 0 Å². The van der Waals surface area contributed by atoms with Gasteiger partial charge in [0.15, 0.2) is 0 Å². The average molecular weight is 262 g/mol. The third-order valence-corrected chi connectivity index (χ3v) is 2.60. The van der Waals surface area contributed by atoms with E-state index in [1.165, 1.54) is 16.4 Å². The van der Waals surface area contributed by atoms with Crippen molar-refractivity contribution >= 4 is 17.7 Å². The van der Waals surface area contributed by atoms with Gasteiger partial charge in [-0.25, -0.2) is 4.68 Å². The summed E-state index contributed by atoms with van der Waals surface area (Å²) in [6.07, 6.45) is 0. The van der Waals surface area contributed by atoms with E-state index in [4.69, 9.17) is 14.6 Å². The number of aromatic nitrogens is 4. The number of aliphatic carboxylic acids is 1. The Morgan fingerprint density at radius 2 is 2.29 bits per heavy atom. The molecule has 0 spiro atoms. The van der Waals surface area contributed by atoms with Gasteiger partial charge in [0.25, 0.3) is 0 Å².